The van der Waals surface area contributed by atoms with Crippen LogP contribution in [0.4, 0.5) is 0 Å². The lowest BCUT2D eigenvalue weighted by Crippen LogP contribution is -2.11. The summed E-state index contributed by atoms with van der Waals surface area (Å²) in [4.78, 5) is 11.5. The monoisotopic (exact) mass is 252 g/mol. The van der Waals surface area contributed by atoms with Gasteiger partial charge < -0.3 is 4.74 Å². The molecule has 0 radical (unpaired) electrons. The summed E-state index contributed by atoms with van der Waals surface area (Å²) in [5, 5.41) is 0.134. The molecule has 0 amide bonds. The second-order valence-corrected chi connectivity index (χ2v) is 4.58. The van der Waals surface area contributed by atoms with Crippen molar-refractivity contribution in [2.45, 2.75) is 32.8 Å². The topological polar surface area (TPSA) is 26.3 Å². The van der Waals surface area contributed by atoms with Crippen molar-refractivity contribution in [3.63, 3.8) is 0 Å². The highest BCUT2D eigenvalue weighted by Crippen LogP contribution is 2.20. The van der Waals surface area contributed by atoms with Gasteiger partial charge in [0.15, 0.2) is 0 Å². The van der Waals surface area contributed by atoms with Gasteiger partial charge in [0.25, 0.3) is 0 Å². The minimum atomic E-state index is -0.468. The number of carbonyl (C=O) groups excluding carboxylic acids is 1. The van der Waals surface area contributed by atoms with Gasteiger partial charge in [-0.2, -0.15) is 0 Å². The van der Waals surface area contributed by atoms with Crippen LogP contribution in [-0.2, 0) is 9.53 Å². The second-order valence-electron chi connectivity index (χ2n) is 4.17. The molecule has 1 rings (SSSR count). The number of hydrogen-bond donors (Lipinski definition) is 0. The van der Waals surface area contributed by atoms with Crippen LogP contribution in [0, 0.1) is 0 Å². The first kappa shape index (κ1) is 13.8. The standard InChI is InChI=1S/C14H17ClO2/c1-10(2)17-14(16)13(15)9-11(3)12-7-5-4-6-8-12/h4-11H,1-3H3/b13-9-. The van der Waals surface area contributed by atoms with Crippen LogP contribution < -0.4 is 0 Å². The van der Waals surface area contributed by atoms with E-state index in [1.165, 1.54) is 0 Å². The molecule has 0 fully saturated rings. The van der Waals surface area contributed by atoms with Gasteiger partial charge in [-0.15, -0.1) is 0 Å². The van der Waals surface area contributed by atoms with E-state index in [1.54, 1.807) is 19.9 Å². The largest absolute Gasteiger partial charge is 0.459 e. The van der Waals surface area contributed by atoms with Gasteiger partial charge in [-0.3, -0.25) is 0 Å². The molecule has 0 N–H and O–H groups in total. The van der Waals surface area contributed by atoms with Gasteiger partial charge in [0, 0.05) is 5.92 Å². The van der Waals surface area contributed by atoms with Gasteiger partial charge in [-0.05, 0) is 19.4 Å². The fourth-order valence-corrected chi connectivity index (χ4v) is 1.64. The zero-order valence-electron chi connectivity index (χ0n) is 10.3. The Balaban J connectivity index is 2.72. The molecule has 0 aromatic heterocycles. The molecule has 3 heteroatoms. The van der Waals surface area contributed by atoms with Crippen molar-refractivity contribution in [1.82, 2.24) is 0 Å². The maximum absolute atomic E-state index is 11.5. The number of esters is 1. The number of rotatable bonds is 4. The van der Waals surface area contributed by atoms with Gasteiger partial charge in [-0.25, -0.2) is 4.79 Å². The van der Waals surface area contributed by atoms with Crippen molar-refractivity contribution in [3.05, 3.63) is 47.0 Å². The summed E-state index contributed by atoms with van der Waals surface area (Å²) in [6.45, 7) is 5.58. The molecule has 0 aliphatic heterocycles. The molecule has 0 saturated heterocycles. The number of allylic oxidation sites excluding steroid dienone is 1. The molecule has 17 heavy (non-hydrogen) atoms. The third kappa shape index (κ3) is 4.61. The predicted octanol–water partition coefficient (Wildman–Crippen LogP) is 3.86. The van der Waals surface area contributed by atoms with Crippen LogP contribution in [0.5, 0.6) is 0 Å². The minimum Gasteiger partial charge on any atom is -0.459 e. The average molecular weight is 253 g/mol. The zero-order chi connectivity index (χ0) is 12.8. The minimum absolute atomic E-state index is 0.0865. The summed E-state index contributed by atoms with van der Waals surface area (Å²) in [5.74, 6) is -0.382. The lowest BCUT2D eigenvalue weighted by Gasteiger charge is -2.09. The highest BCUT2D eigenvalue weighted by Gasteiger charge is 2.12. The van der Waals surface area contributed by atoms with Gasteiger partial charge in [0.2, 0.25) is 0 Å². The molecule has 0 bridgehead atoms. The molecule has 1 aromatic rings. The Morgan fingerprint density at radius 2 is 1.82 bits per heavy atom. The van der Waals surface area contributed by atoms with Crippen molar-refractivity contribution in [3.8, 4) is 0 Å². The average Bonchev–Trinajstić information content (AvgIpc) is 2.29. The highest BCUT2D eigenvalue weighted by atomic mass is 35.5. The Hall–Kier alpha value is -1.28. The van der Waals surface area contributed by atoms with E-state index in [0.29, 0.717) is 0 Å². The van der Waals surface area contributed by atoms with Crippen molar-refractivity contribution < 1.29 is 9.53 Å². The molecule has 1 atom stereocenters. The Morgan fingerprint density at radius 1 is 1.24 bits per heavy atom. The van der Waals surface area contributed by atoms with Gasteiger partial charge in [0.05, 0.1) is 6.10 Å². The first-order valence-electron chi connectivity index (χ1n) is 5.64. The van der Waals surface area contributed by atoms with E-state index in [2.05, 4.69) is 0 Å². The fourth-order valence-electron chi connectivity index (χ4n) is 1.41. The lowest BCUT2D eigenvalue weighted by molar-refractivity contribution is -0.141. The number of halogens is 1. The van der Waals surface area contributed by atoms with Crippen molar-refractivity contribution >= 4 is 17.6 Å². The van der Waals surface area contributed by atoms with Crippen LogP contribution >= 0.6 is 11.6 Å². The Kier molecular flexibility index (Phi) is 5.23. The predicted molar refractivity (Wildman–Crippen MR) is 70.0 cm³/mol. The van der Waals surface area contributed by atoms with E-state index in [4.69, 9.17) is 16.3 Å². The normalized spacial score (nSPS) is 13.6. The fraction of sp³-hybridized carbons (Fsp3) is 0.357. The van der Waals surface area contributed by atoms with Crippen molar-refractivity contribution in [1.29, 1.82) is 0 Å². The van der Waals surface area contributed by atoms with Crippen LogP contribution in [0.15, 0.2) is 41.4 Å². The molecule has 0 heterocycles. The SMILES string of the molecule is CC(C)OC(=O)/C(Cl)=C/C(C)c1ccccc1. The number of ether oxygens (including phenoxy) is 1. The maximum atomic E-state index is 11.5. The molecular formula is C14H17ClO2. The Morgan fingerprint density at radius 3 is 2.35 bits per heavy atom. The van der Waals surface area contributed by atoms with Gasteiger partial charge in [0.1, 0.15) is 5.03 Å². The van der Waals surface area contributed by atoms with E-state index in [0.717, 1.165) is 5.56 Å². The quantitative estimate of drug-likeness (QED) is 0.601. The summed E-state index contributed by atoms with van der Waals surface area (Å²) >= 11 is 5.91. The van der Waals surface area contributed by atoms with E-state index in [1.807, 2.05) is 37.3 Å². The molecule has 92 valence electrons. The first-order valence-corrected chi connectivity index (χ1v) is 6.01. The third-order valence-corrected chi connectivity index (χ3v) is 2.54. The summed E-state index contributed by atoms with van der Waals surface area (Å²) in [7, 11) is 0. The molecule has 0 aliphatic rings. The molecule has 2 nitrogen and oxygen atoms in total. The van der Waals surface area contributed by atoms with Gasteiger partial charge in [-0.1, -0.05) is 54.9 Å². The first-order chi connectivity index (χ1) is 8.00. The van der Waals surface area contributed by atoms with Crippen molar-refractivity contribution in [2.24, 2.45) is 0 Å². The Labute approximate surface area is 107 Å². The highest BCUT2D eigenvalue weighted by molar-refractivity contribution is 6.41. The van der Waals surface area contributed by atoms with Crippen LogP contribution in [0.2, 0.25) is 0 Å². The van der Waals surface area contributed by atoms with E-state index in [-0.39, 0.29) is 17.1 Å². The summed E-state index contributed by atoms with van der Waals surface area (Å²) in [6.07, 6.45) is 1.55. The number of carbonyl (C=O) groups is 1. The van der Waals surface area contributed by atoms with Crippen LogP contribution in [0.1, 0.15) is 32.3 Å². The van der Waals surface area contributed by atoms with Crippen LogP contribution in [0.25, 0.3) is 0 Å². The molecule has 0 spiro atoms. The smallest absolute Gasteiger partial charge is 0.349 e. The molecular weight excluding hydrogens is 236 g/mol. The molecule has 0 saturated carbocycles. The molecule has 1 unspecified atom stereocenters. The molecule has 0 aliphatic carbocycles. The number of hydrogen-bond acceptors (Lipinski definition) is 2. The summed E-state index contributed by atoms with van der Waals surface area (Å²) < 4.78 is 5.01. The van der Waals surface area contributed by atoms with Crippen LogP contribution in [0.3, 0.4) is 0 Å². The Bertz CT molecular complexity index is 396. The lowest BCUT2D eigenvalue weighted by atomic mass is 10.0. The van der Waals surface area contributed by atoms with E-state index >= 15 is 0 Å². The second kappa shape index (κ2) is 6.45. The van der Waals surface area contributed by atoms with E-state index < -0.39 is 5.97 Å². The summed E-state index contributed by atoms with van der Waals surface area (Å²) in [6, 6.07) is 9.87. The van der Waals surface area contributed by atoms with Gasteiger partial charge >= 0.3 is 5.97 Å². The van der Waals surface area contributed by atoms with E-state index in [9.17, 15) is 4.79 Å². The maximum Gasteiger partial charge on any atom is 0.349 e. The van der Waals surface area contributed by atoms with Crippen LogP contribution in [-0.4, -0.2) is 12.1 Å². The van der Waals surface area contributed by atoms with Crippen molar-refractivity contribution in [2.75, 3.05) is 0 Å². The zero-order valence-corrected chi connectivity index (χ0v) is 11.1. The summed E-state index contributed by atoms with van der Waals surface area (Å²) in [5.41, 5.74) is 1.11. The number of benzene rings is 1. The third-order valence-electron chi connectivity index (χ3n) is 2.26. The molecule has 1 aromatic carbocycles.